The zero-order valence-electron chi connectivity index (χ0n) is 10.1. The summed E-state index contributed by atoms with van der Waals surface area (Å²) in [6.45, 7) is 3.79. The maximum atomic E-state index is 11.5. The Morgan fingerprint density at radius 2 is 1.94 bits per heavy atom. The van der Waals surface area contributed by atoms with Crippen LogP contribution in [0.25, 0.3) is 0 Å². The number of sulfone groups is 1. The van der Waals surface area contributed by atoms with Crippen molar-refractivity contribution in [3.8, 4) is 5.75 Å². The Kier molecular flexibility index (Phi) is 5.78. The summed E-state index contributed by atoms with van der Waals surface area (Å²) in [7, 11) is 8.42. The molecule has 0 saturated carbocycles. The molecule has 104 valence electrons. The second kappa shape index (κ2) is 6.47. The fraction of sp³-hybridized carbons (Fsp3) is 0.364. The molecule has 0 spiro atoms. The maximum absolute atomic E-state index is 11.5. The third kappa shape index (κ3) is 4.96. The molecule has 0 amide bonds. The van der Waals surface area contributed by atoms with Gasteiger partial charge in [0, 0.05) is 0 Å². The average Bonchev–Trinajstić information content (AvgIpc) is 2.17. The predicted octanol–water partition coefficient (Wildman–Crippen LogP) is 2.95. The molecule has 0 fully saturated rings. The molecule has 1 rings (SSSR count). The molecule has 0 saturated heterocycles. The molecule has 18 heavy (non-hydrogen) atoms. The van der Waals surface area contributed by atoms with Gasteiger partial charge in [-0.3, -0.25) is 0 Å². The van der Waals surface area contributed by atoms with Gasteiger partial charge < -0.3 is 0 Å². The molecule has 0 N–H and O–H groups in total. The van der Waals surface area contributed by atoms with Crippen molar-refractivity contribution in [2.45, 2.75) is 24.8 Å². The summed E-state index contributed by atoms with van der Waals surface area (Å²) >= 11 is -2.04. The van der Waals surface area contributed by atoms with Crippen LogP contribution in [0.15, 0.2) is 23.1 Å². The molecular weight excluding hydrogens is 384 g/mol. The van der Waals surface area contributed by atoms with Crippen LogP contribution in [0.4, 0.5) is 0 Å². The van der Waals surface area contributed by atoms with E-state index >= 15 is 0 Å². The molecule has 0 bridgehead atoms. The Morgan fingerprint density at radius 3 is 2.39 bits per heavy atom. The number of halogens is 2. The molecule has 0 aliphatic carbocycles. The zero-order chi connectivity index (χ0) is 13.9. The van der Waals surface area contributed by atoms with Crippen molar-refractivity contribution in [2.75, 3.05) is 6.26 Å². The first-order valence-corrected chi connectivity index (χ1v) is 12.4. The summed E-state index contributed by atoms with van der Waals surface area (Å²) in [5.41, 5.74) is 0.635. The average molecular weight is 398 g/mol. The minimum absolute atomic E-state index is 0.00691. The molecule has 0 heterocycles. The number of hydrogen-bond donors (Lipinski definition) is 0. The first-order chi connectivity index (χ1) is 8.20. The van der Waals surface area contributed by atoms with Crippen molar-refractivity contribution in [1.29, 1.82) is 0 Å². The molecule has 0 aromatic heterocycles. The van der Waals surface area contributed by atoms with Gasteiger partial charge in [-0.2, -0.15) is 0 Å². The van der Waals surface area contributed by atoms with Crippen LogP contribution < -0.4 is 4.74 Å². The fourth-order valence-electron chi connectivity index (χ4n) is 1.28. The summed E-state index contributed by atoms with van der Waals surface area (Å²) in [4.78, 5) is 0.230. The van der Waals surface area contributed by atoms with Crippen molar-refractivity contribution in [1.82, 2.24) is 0 Å². The van der Waals surface area contributed by atoms with Crippen LogP contribution in [0.2, 0.25) is 0 Å². The number of benzene rings is 1. The van der Waals surface area contributed by atoms with E-state index in [0.717, 1.165) is 6.26 Å². The molecule has 0 atom stereocenters. The molecule has 3 nitrogen and oxygen atoms in total. The Bertz CT molecular complexity index is 564. The summed E-state index contributed by atoms with van der Waals surface area (Å²) in [6, 6.07) is 4.69. The third-order valence-corrected chi connectivity index (χ3v) is 4.90. The van der Waals surface area contributed by atoms with Crippen LogP contribution >= 0.6 is 19.4 Å². The summed E-state index contributed by atoms with van der Waals surface area (Å²) < 4.78 is 30.3. The van der Waals surface area contributed by atoms with Crippen molar-refractivity contribution >= 4 is 33.8 Å². The van der Waals surface area contributed by atoms with Crippen molar-refractivity contribution in [3.63, 3.8) is 0 Å². The van der Waals surface area contributed by atoms with E-state index < -0.39 is 23.4 Å². The number of ether oxygens (including phenoxy) is 1. The fourth-order valence-corrected chi connectivity index (χ4v) is 3.72. The summed E-state index contributed by atoms with van der Waals surface area (Å²) in [5.74, 6) is 0.595. The molecular formula is C11H14Cl2O3RuS. The monoisotopic (exact) mass is 398 g/mol. The summed E-state index contributed by atoms with van der Waals surface area (Å²) in [6.07, 6.45) is 1.15. The van der Waals surface area contributed by atoms with Gasteiger partial charge in [0.25, 0.3) is 0 Å². The Balaban J connectivity index is 3.34. The quantitative estimate of drug-likeness (QED) is 0.733. The first-order valence-electron chi connectivity index (χ1n) is 5.04. The van der Waals surface area contributed by atoms with Crippen molar-refractivity contribution in [2.24, 2.45) is 0 Å². The van der Waals surface area contributed by atoms with Gasteiger partial charge in [0.2, 0.25) is 0 Å². The van der Waals surface area contributed by atoms with Crippen LogP contribution in [0.3, 0.4) is 0 Å². The Morgan fingerprint density at radius 1 is 1.33 bits per heavy atom. The van der Waals surface area contributed by atoms with Crippen molar-refractivity contribution in [3.05, 3.63) is 23.8 Å². The molecule has 1 aromatic rings. The first kappa shape index (κ1) is 16.1. The van der Waals surface area contributed by atoms with E-state index in [9.17, 15) is 8.42 Å². The van der Waals surface area contributed by atoms with Crippen LogP contribution in [0, 0.1) is 0 Å². The Labute approximate surface area is 120 Å². The second-order valence-electron chi connectivity index (χ2n) is 3.95. The van der Waals surface area contributed by atoms with E-state index in [1.54, 1.807) is 16.7 Å². The van der Waals surface area contributed by atoms with E-state index in [1.807, 2.05) is 13.8 Å². The standard InChI is InChI=1S/C11H14O3S.2ClH.Ru/c1-8(2)14-11-6-5-10(7-9(11)3)15(4,12)13;;;/h3,5-8H,1-2,4H3;2*1H;/q;;;+2/p-2. The van der Waals surface area contributed by atoms with Gasteiger partial charge in [-0.05, 0) is 0 Å². The van der Waals surface area contributed by atoms with Gasteiger partial charge >= 0.3 is 121 Å². The van der Waals surface area contributed by atoms with E-state index in [2.05, 4.69) is 0 Å². The predicted molar refractivity (Wildman–Crippen MR) is 72.2 cm³/mol. The van der Waals surface area contributed by atoms with Crippen LogP contribution in [-0.2, 0) is 23.4 Å². The van der Waals surface area contributed by atoms with E-state index in [0.29, 0.717) is 11.3 Å². The molecule has 1 aromatic carbocycles. The Hall–Kier alpha value is 0.0434. The number of rotatable bonds is 4. The van der Waals surface area contributed by atoms with Gasteiger partial charge in [-0.15, -0.1) is 0 Å². The van der Waals surface area contributed by atoms with Gasteiger partial charge in [0.1, 0.15) is 0 Å². The molecule has 7 heteroatoms. The SMILES string of the molecule is CC(C)Oc1ccc(S(C)(=O)=O)cc1[CH]=[Ru]([Cl])[Cl]. The van der Waals surface area contributed by atoms with Crippen LogP contribution in [0.1, 0.15) is 19.4 Å². The second-order valence-corrected chi connectivity index (χ2v) is 11.7. The van der Waals surface area contributed by atoms with Gasteiger partial charge in [0.05, 0.1) is 0 Å². The van der Waals surface area contributed by atoms with E-state index in [-0.39, 0.29) is 11.0 Å². The normalized spacial score (nSPS) is 12.4. The van der Waals surface area contributed by atoms with Crippen LogP contribution in [-0.4, -0.2) is 25.4 Å². The van der Waals surface area contributed by atoms with Crippen LogP contribution in [0.5, 0.6) is 5.75 Å². The van der Waals surface area contributed by atoms with Gasteiger partial charge in [0.15, 0.2) is 0 Å². The summed E-state index contributed by atoms with van der Waals surface area (Å²) in [5, 5.41) is 0. The topological polar surface area (TPSA) is 43.4 Å². The zero-order valence-corrected chi connectivity index (χ0v) is 14.2. The molecule has 0 aliphatic rings. The third-order valence-electron chi connectivity index (χ3n) is 1.96. The molecule has 0 unspecified atom stereocenters. The minimum atomic E-state index is -3.25. The van der Waals surface area contributed by atoms with E-state index in [1.165, 1.54) is 6.07 Å². The van der Waals surface area contributed by atoms with Crippen molar-refractivity contribution < 1.29 is 26.7 Å². The molecule has 0 radical (unpaired) electrons. The van der Waals surface area contributed by atoms with E-state index in [4.69, 9.17) is 24.1 Å². The van der Waals surface area contributed by atoms with Gasteiger partial charge in [-0.1, -0.05) is 0 Å². The van der Waals surface area contributed by atoms with Gasteiger partial charge in [-0.25, -0.2) is 0 Å². The molecule has 0 aliphatic heterocycles. The number of hydrogen-bond acceptors (Lipinski definition) is 3.